The van der Waals surface area contributed by atoms with Crippen LogP contribution in [-0.2, 0) is 0 Å². The quantitative estimate of drug-likeness (QED) is 0.195. The zero-order valence-electron chi connectivity index (χ0n) is 36.8. The summed E-state index contributed by atoms with van der Waals surface area (Å²) >= 11 is 11.1. The molecule has 0 N–H and O–H groups in total. The molecule has 1 heterocycles. The monoisotopic (exact) mass is 898 g/mol. The highest BCUT2D eigenvalue weighted by atomic mass is 79.9. The van der Waals surface area contributed by atoms with E-state index in [2.05, 4.69) is 192 Å². The maximum absolute atomic E-state index is 5.54. The minimum absolute atomic E-state index is 0.327. The lowest BCUT2D eigenvalue weighted by atomic mass is 10.2. The molecule has 1 aliphatic heterocycles. The zero-order chi connectivity index (χ0) is 38.2. The fourth-order valence-corrected chi connectivity index (χ4v) is 512. The normalized spacial score (nSPS) is 24.4. The van der Waals surface area contributed by atoms with Gasteiger partial charge in [0, 0.05) is 0 Å². The van der Waals surface area contributed by atoms with Gasteiger partial charge in [0.05, 0.1) is 30.4 Å². The van der Waals surface area contributed by atoms with E-state index >= 15 is 0 Å². The second-order valence-corrected chi connectivity index (χ2v) is 123. The van der Waals surface area contributed by atoms with E-state index in [1.165, 1.54) is 0 Å². The third-order valence-electron chi connectivity index (χ3n) is 15.8. The molecule has 0 saturated carbocycles. The maximum atomic E-state index is 5.54. The molecule has 2 atom stereocenters. The van der Waals surface area contributed by atoms with Gasteiger partial charge in [-0.1, -0.05) is 192 Å². The van der Waals surface area contributed by atoms with Crippen LogP contribution in [0, 0.1) is 0 Å². The Morgan fingerprint density at radius 1 is 0.304 bits per heavy atom. The van der Waals surface area contributed by atoms with Crippen LogP contribution in [0.1, 0.15) is 166 Å². The van der Waals surface area contributed by atoms with E-state index in [1.54, 1.807) is 0 Å². The van der Waals surface area contributed by atoms with Crippen molar-refractivity contribution in [3.8, 4) is 0 Å². The van der Waals surface area contributed by atoms with Crippen molar-refractivity contribution in [2.45, 2.75) is 233 Å². The van der Waals surface area contributed by atoms with Gasteiger partial charge in [0.1, 0.15) is 10.5 Å². The molecule has 0 aromatic rings. The highest BCUT2D eigenvalue weighted by Gasteiger charge is 2.89. The van der Waals surface area contributed by atoms with Crippen LogP contribution in [0.5, 0.6) is 0 Å². The standard InChI is InChI=1S/C36H84Br2Si8/c1-29(2,3)41(25,30(4,5)6)39-40(42(26,31(7,8)9)32(10,11)12)46(38,44(28,35(19,20)21)36(22,23)24)45(39,37)43(27,33(13,14)15)34(16,17)18/h1-28H3/t45-,46-/m0/s1. The zero-order valence-corrected chi connectivity index (χ0v) is 47.9. The van der Waals surface area contributed by atoms with Gasteiger partial charge < -0.3 is 0 Å². The lowest BCUT2D eigenvalue weighted by Crippen LogP contribution is -3.06. The van der Waals surface area contributed by atoms with Crippen molar-refractivity contribution in [2.75, 3.05) is 0 Å². The highest BCUT2D eigenvalue weighted by molar-refractivity contribution is 9.43. The number of halogens is 2. The predicted octanol–water partition coefficient (Wildman–Crippen LogP) is 15.0. The minimum atomic E-state index is -2.13. The smallest absolute Gasteiger partial charge is 0.127 e. The Bertz CT molecular complexity index is 1050. The Kier molecular flexibility index (Phi) is 12.3. The van der Waals surface area contributed by atoms with E-state index in [1.807, 2.05) is 0 Å². The van der Waals surface area contributed by atoms with Gasteiger partial charge in [-0.25, -0.2) is 0 Å². The van der Waals surface area contributed by atoms with Crippen LogP contribution >= 0.6 is 30.6 Å². The van der Waals surface area contributed by atoms with Crippen LogP contribution in [-0.4, -0.2) is 54.7 Å². The van der Waals surface area contributed by atoms with Crippen LogP contribution < -0.4 is 0 Å². The second kappa shape index (κ2) is 12.1. The highest BCUT2D eigenvalue weighted by Crippen LogP contribution is 2.73. The first-order chi connectivity index (χ1) is 19.2. The van der Waals surface area contributed by atoms with Gasteiger partial charge in [-0.2, -0.15) is 0 Å². The Morgan fingerprint density at radius 2 is 0.435 bits per heavy atom. The SMILES string of the molecule is CC(C)(C)[Si](C)([Si]1=[Si]([Si](C)(C(C)(C)C)C(C)(C)C)[Si@@](Br)([Si](C)(C(C)(C)C)C(C)(C)C)[Si@]1(Br)[Si](C)(C(C)(C)C)C(C)(C)C)C(C)(C)C. The summed E-state index contributed by atoms with van der Waals surface area (Å²) in [5, 5.41) is -1.50. The number of hydrogen-bond acceptors (Lipinski definition) is 0. The Hall–Kier alpha value is 2.70. The molecular weight excluding hydrogens is 817 g/mol. The van der Waals surface area contributed by atoms with Gasteiger partial charge in [0.2, 0.25) is 0 Å². The molecule has 0 radical (unpaired) electrons. The molecule has 0 nitrogen and oxygen atoms in total. The first-order valence-corrected chi connectivity index (χ1v) is 47.9. The van der Waals surface area contributed by atoms with E-state index in [0.29, 0.717) is 40.3 Å². The molecule has 0 aromatic heterocycles. The summed E-state index contributed by atoms with van der Waals surface area (Å²) in [7, 11) is -7.93. The van der Waals surface area contributed by atoms with Crippen molar-refractivity contribution in [2.24, 2.45) is 0 Å². The number of rotatable bonds is 4. The van der Waals surface area contributed by atoms with Gasteiger partial charge >= 0.3 is 0 Å². The van der Waals surface area contributed by atoms with Gasteiger partial charge in [0.15, 0.2) is 0 Å². The summed E-state index contributed by atoms with van der Waals surface area (Å²) in [5.74, 6) is 0. The maximum Gasteiger partial charge on any atom is 0.127 e. The van der Waals surface area contributed by atoms with Crippen LogP contribution in [0.3, 0.4) is 0 Å². The molecule has 0 saturated heterocycles. The van der Waals surface area contributed by atoms with Gasteiger partial charge in [0.25, 0.3) is 0 Å². The lowest BCUT2D eigenvalue weighted by Gasteiger charge is -2.80. The molecule has 274 valence electrons. The molecule has 10 heteroatoms. The van der Waals surface area contributed by atoms with Gasteiger partial charge in [-0.15, -0.1) is 30.6 Å². The van der Waals surface area contributed by atoms with Gasteiger partial charge in [-0.3, -0.25) is 0 Å². The van der Waals surface area contributed by atoms with Crippen LogP contribution in [0.2, 0.25) is 66.5 Å². The Labute approximate surface area is 315 Å². The molecule has 46 heavy (non-hydrogen) atoms. The largest absolute Gasteiger partial charge is 0.132 e. The minimum Gasteiger partial charge on any atom is -0.132 e. The summed E-state index contributed by atoms with van der Waals surface area (Å²) in [4.78, 5) is 0. The average Bonchev–Trinajstić information content (AvgIpc) is 2.72. The summed E-state index contributed by atoms with van der Waals surface area (Å²) in [6.07, 6.45) is 0. The molecule has 0 spiro atoms. The van der Waals surface area contributed by atoms with E-state index in [-0.39, 0.29) is 0 Å². The topological polar surface area (TPSA) is 0 Å². The third kappa shape index (κ3) is 5.80. The molecule has 0 aromatic carbocycles. The fraction of sp³-hybridized carbons (Fsp3) is 1.00. The van der Waals surface area contributed by atoms with E-state index < -0.39 is 54.7 Å². The Balaban J connectivity index is 5.51. The lowest BCUT2D eigenvalue weighted by molar-refractivity contribution is 0.631. The second-order valence-electron chi connectivity index (χ2n) is 24.6. The molecule has 0 fully saturated rings. The van der Waals surface area contributed by atoms with Crippen molar-refractivity contribution in [1.82, 2.24) is 0 Å². The molecule has 0 aliphatic carbocycles. The van der Waals surface area contributed by atoms with E-state index in [4.69, 9.17) is 30.6 Å². The summed E-state index contributed by atoms with van der Waals surface area (Å²) in [6.45, 7) is 75.9. The first kappa shape index (κ1) is 46.7. The third-order valence-corrected chi connectivity index (χ3v) is 268. The van der Waals surface area contributed by atoms with Crippen molar-refractivity contribution in [3.05, 3.63) is 0 Å². The van der Waals surface area contributed by atoms with Crippen molar-refractivity contribution < 1.29 is 0 Å². The summed E-state index contributed by atoms with van der Waals surface area (Å²) < 4.78 is 0. The van der Waals surface area contributed by atoms with Crippen molar-refractivity contribution >= 4 is 85.3 Å². The van der Waals surface area contributed by atoms with E-state index in [9.17, 15) is 0 Å². The first-order valence-electron chi connectivity index (χ1n) is 18.4. The Morgan fingerprint density at radius 3 is 0.522 bits per heavy atom. The fourth-order valence-electron chi connectivity index (χ4n) is 11.1. The van der Waals surface area contributed by atoms with Crippen LogP contribution in [0.15, 0.2) is 0 Å². The number of hydrogen-bond donors (Lipinski definition) is 0. The summed E-state index contributed by atoms with van der Waals surface area (Å²) in [5.41, 5.74) is 0. The van der Waals surface area contributed by atoms with Crippen molar-refractivity contribution in [1.29, 1.82) is 0 Å². The molecular formula is C36H84Br2Si8. The van der Waals surface area contributed by atoms with E-state index in [0.717, 1.165) is 0 Å². The molecule has 0 bridgehead atoms. The molecule has 1 aliphatic rings. The molecule has 1 rings (SSSR count). The molecule has 0 unspecified atom stereocenters. The van der Waals surface area contributed by atoms with Gasteiger partial charge in [-0.05, 0) is 54.2 Å². The predicted molar refractivity (Wildman–Crippen MR) is 245 cm³/mol. The van der Waals surface area contributed by atoms with Crippen LogP contribution in [0.4, 0.5) is 0 Å². The molecule has 0 amide bonds. The van der Waals surface area contributed by atoms with Crippen molar-refractivity contribution in [3.63, 3.8) is 0 Å². The average molecular weight is 902 g/mol. The summed E-state index contributed by atoms with van der Waals surface area (Å²) in [6, 6.07) is 0. The van der Waals surface area contributed by atoms with Crippen LogP contribution in [0.25, 0.3) is 0 Å².